The maximum atomic E-state index is 11.7. The Morgan fingerprint density at radius 2 is 2.05 bits per heavy atom. The van der Waals surface area contributed by atoms with Gasteiger partial charge < -0.3 is 19.7 Å². The summed E-state index contributed by atoms with van der Waals surface area (Å²) in [7, 11) is 4.54. The largest absolute Gasteiger partial charge is 0.466 e. The van der Waals surface area contributed by atoms with E-state index in [0.29, 0.717) is 0 Å². The van der Waals surface area contributed by atoms with Gasteiger partial charge in [0.15, 0.2) is 0 Å². The van der Waals surface area contributed by atoms with E-state index >= 15 is 0 Å². The van der Waals surface area contributed by atoms with Crippen molar-refractivity contribution >= 4 is 23.3 Å². The fourth-order valence-electron chi connectivity index (χ4n) is 2.23. The molecule has 0 fully saturated rings. The number of hydrogen-bond donors (Lipinski definition) is 1. The Bertz CT molecular complexity index is 595. The highest BCUT2D eigenvalue weighted by Gasteiger charge is 2.17. The normalized spacial score (nSPS) is 13.7. The van der Waals surface area contributed by atoms with Crippen LogP contribution in [0, 0.1) is 0 Å². The van der Waals surface area contributed by atoms with Gasteiger partial charge in [-0.1, -0.05) is 0 Å². The Kier molecular flexibility index (Phi) is 4.47. The third-order valence-electron chi connectivity index (χ3n) is 3.35. The van der Waals surface area contributed by atoms with Gasteiger partial charge in [-0.2, -0.15) is 0 Å². The molecule has 0 radical (unpaired) electrons. The Morgan fingerprint density at radius 3 is 2.71 bits per heavy atom. The number of likely N-dealkylation sites (N-methyl/N-ethyl adjacent to an activating group) is 1. The summed E-state index contributed by atoms with van der Waals surface area (Å²) in [5.41, 5.74) is 3.14. The summed E-state index contributed by atoms with van der Waals surface area (Å²) in [6.45, 7) is 0.973. The molecule has 0 unspecified atom stereocenters. The molecule has 1 aromatic rings. The maximum Gasteiger partial charge on any atom is 0.354 e. The molecule has 0 saturated carbocycles. The zero-order valence-corrected chi connectivity index (χ0v) is 12.3. The average molecular weight is 290 g/mol. The smallest absolute Gasteiger partial charge is 0.354 e. The molecule has 1 aromatic carbocycles. The third kappa shape index (κ3) is 3.34. The number of methoxy groups -OCH3 is 2. The summed E-state index contributed by atoms with van der Waals surface area (Å²) in [6.07, 6.45) is 2.03. The van der Waals surface area contributed by atoms with Crippen LogP contribution in [0.5, 0.6) is 0 Å². The van der Waals surface area contributed by atoms with Crippen LogP contribution in [0.3, 0.4) is 0 Å². The van der Waals surface area contributed by atoms with Crippen LogP contribution in [-0.4, -0.2) is 39.8 Å². The van der Waals surface area contributed by atoms with Crippen LogP contribution in [-0.2, 0) is 25.5 Å². The van der Waals surface area contributed by atoms with Gasteiger partial charge in [0, 0.05) is 25.0 Å². The van der Waals surface area contributed by atoms with Crippen molar-refractivity contribution in [3.8, 4) is 0 Å². The molecule has 112 valence electrons. The number of benzene rings is 1. The second-order valence-electron chi connectivity index (χ2n) is 4.71. The van der Waals surface area contributed by atoms with Gasteiger partial charge in [-0.15, -0.1) is 0 Å². The monoisotopic (exact) mass is 290 g/mol. The standard InChI is InChI=1S/C15H18N2O4/c1-17-7-6-10-8-11(4-5-13(10)17)16-12(15(19)21-3)9-14(18)20-2/h4-5,8-9,16H,6-7H2,1-3H3/b12-9+. The molecule has 0 amide bonds. The van der Waals surface area contributed by atoms with Gasteiger partial charge in [0.1, 0.15) is 5.70 Å². The van der Waals surface area contributed by atoms with Crippen molar-refractivity contribution < 1.29 is 19.1 Å². The van der Waals surface area contributed by atoms with Gasteiger partial charge in [0.25, 0.3) is 0 Å². The molecule has 0 atom stereocenters. The Morgan fingerprint density at radius 1 is 1.29 bits per heavy atom. The first-order valence-corrected chi connectivity index (χ1v) is 6.54. The molecule has 6 nitrogen and oxygen atoms in total. The van der Waals surface area contributed by atoms with Crippen LogP contribution in [0.15, 0.2) is 30.0 Å². The highest BCUT2D eigenvalue weighted by atomic mass is 16.5. The van der Waals surface area contributed by atoms with E-state index in [0.717, 1.165) is 24.7 Å². The highest BCUT2D eigenvalue weighted by Crippen LogP contribution is 2.29. The van der Waals surface area contributed by atoms with Gasteiger partial charge in [0.05, 0.1) is 20.3 Å². The molecule has 1 aliphatic rings. The van der Waals surface area contributed by atoms with Gasteiger partial charge >= 0.3 is 11.9 Å². The second-order valence-corrected chi connectivity index (χ2v) is 4.71. The van der Waals surface area contributed by atoms with Crippen LogP contribution >= 0.6 is 0 Å². The third-order valence-corrected chi connectivity index (χ3v) is 3.35. The second kappa shape index (κ2) is 6.30. The van der Waals surface area contributed by atoms with E-state index in [1.165, 1.54) is 25.5 Å². The van der Waals surface area contributed by atoms with Crippen molar-refractivity contribution in [3.05, 3.63) is 35.5 Å². The number of nitrogens with zero attached hydrogens (tertiary/aromatic N) is 1. The number of anilines is 2. The molecule has 1 aliphatic heterocycles. The summed E-state index contributed by atoms with van der Waals surface area (Å²) >= 11 is 0. The van der Waals surface area contributed by atoms with E-state index in [9.17, 15) is 9.59 Å². The topological polar surface area (TPSA) is 67.9 Å². The molecule has 2 rings (SSSR count). The minimum Gasteiger partial charge on any atom is -0.466 e. The van der Waals surface area contributed by atoms with Crippen molar-refractivity contribution in [2.75, 3.05) is 38.0 Å². The molecule has 0 aliphatic carbocycles. The fraction of sp³-hybridized carbons (Fsp3) is 0.333. The molecule has 21 heavy (non-hydrogen) atoms. The van der Waals surface area contributed by atoms with E-state index in [1.807, 2.05) is 25.2 Å². The number of hydrogen-bond acceptors (Lipinski definition) is 6. The summed E-state index contributed by atoms with van der Waals surface area (Å²) in [6, 6.07) is 5.80. The van der Waals surface area contributed by atoms with Gasteiger partial charge in [-0.25, -0.2) is 9.59 Å². The summed E-state index contributed by atoms with van der Waals surface area (Å²) in [5, 5.41) is 2.91. The number of rotatable bonds is 4. The predicted octanol–water partition coefficient (Wildman–Crippen LogP) is 1.32. The molecule has 0 spiro atoms. The van der Waals surface area contributed by atoms with E-state index < -0.39 is 11.9 Å². The fourth-order valence-corrected chi connectivity index (χ4v) is 2.23. The van der Waals surface area contributed by atoms with E-state index in [4.69, 9.17) is 0 Å². The van der Waals surface area contributed by atoms with Crippen molar-refractivity contribution in [2.24, 2.45) is 0 Å². The van der Waals surface area contributed by atoms with Crippen molar-refractivity contribution in [2.45, 2.75) is 6.42 Å². The Balaban J connectivity index is 2.23. The molecule has 1 N–H and O–H groups in total. The van der Waals surface area contributed by atoms with E-state index in [1.54, 1.807) is 0 Å². The lowest BCUT2D eigenvalue weighted by atomic mass is 10.1. The maximum absolute atomic E-state index is 11.7. The number of carbonyl (C=O) groups excluding carboxylic acids is 2. The molecular weight excluding hydrogens is 272 g/mol. The highest BCUT2D eigenvalue weighted by molar-refractivity contribution is 5.98. The quantitative estimate of drug-likeness (QED) is 0.666. The van der Waals surface area contributed by atoms with Crippen LogP contribution in [0.2, 0.25) is 0 Å². The van der Waals surface area contributed by atoms with Gasteiger partial charge in [0.2, 0.25) is 0 Å². The van der Waals surface area contributed by atoms with Crippen molar-refractivity contribution in [3.63, 3.8) is 0 Å². The number of carbonyl (C=O) groups is 2. The Labute approximate surface area is 123 Å². The zero-order valence-electron chi connectivity index (χ0n) is 12.3. The minimum atomic E-state index is -0.627. The number of nitrogens with one attached hydrogen (secondary N) is 1. The molecule has 0 bridgehead atoms. The lowest BCUT2D eigenvalue weighted by Crippen LogP contribution is -2.15. The Hall–Kier alpha value is -2.50. The zero-order chi connectivity index (χ0) is 15.4. The van der Waals surface area contributed by atoms with Crippen molar-refractivity contribution in [1.29, 1.82) is 0 Å². The van der Waals surface area contributed by atoms with Crippen LogP contribution < -0.4 is 10.2 Å². The lowest BCUT2D eigenvalue weighted by molar-refractivity contribution is -0.138. The average Bonchev–Trinajstić information content (AvgIpc) is 2.86. The summed E-state index contributed by atoms with van der Waals surface area (Å²) in [5.74, 6) is -1.25. The van der Waals surface area contributed by atoms with Gasteiger partial charge in [-0.3, -0.25) is 0 Å². The number of esters is 2. The minimum absolute atomic E-state index is 0.0376. The van der Waals surface area contributed by atoms with E-state index in [-0.39, 0.29) is 5.70 Å². The summed E-state index contributed by atoms with van der Waals surface area (Å²) in [4.78, 5) is 25.2. The SMILES string of the molecule is COC(=O)/C=C(/Nc1ccc2c(c1)CCN2C)C(=O)OC. The van der Waals surface area contributed by atoms with E-state index in [2.05, 4.69) is 19.7 Å². The molecule has 6 heteroatoms. The summed E-state index contributed by atoms with van der Waals surface area (Å²) < 4.78 is 9.19. The molecule has 0 saturated heterocycles. The van der Waals surface area contributed by atoms with Crippen LogP contribution in [0.1, 0.15) is 5.56 Å². The number of fused-ring (bicyclic) bond motifs is 1. The van der Waals surface area contributed by atoms with Crippen LogP contribution in [0.4, 0.5) is 11.4 Å². The number of ether oxygens (including phenoxy) is 2. The first-order chi connectivity index (χ1) is 10.0. The van der Waals surface area contributed by atoms with Crippen LogP contribution in [0.25, 0.3) is 0 Å². The first kappa shape index (κ1) is 14.9. The lowest BCUT2D eigenvalue weighted by Gasteiger charge is -2.13. The predicted molar refractivity (Wildman–Crippen MR) is 79.2 cm³/mol. The molecule has 1 heterocycles. The first-order valence-electron chi connectivity index (χ1n) is 6.54. The molecule has 0 aromatic heterocycles. The van der Waals surface area contributed by atoms with Gasteiger partial charge in [-0.05, 0) is 30.2 Å². The molecular formula is C15H18N2O4. The van der Waals surface area contributed by atoms with Crippen molar-refractivity contribution in [1.82, 2.24) is 0 Å².